The van der Waals surface area contributed by atoms with Gasteiger partial charge < -0.3 is 20.3 Å². The first kappa shape index (κ1) is 26.8. The summed E-state index contributed by atoms with van der Waals surface area (Å²) in [5.41, 5.74) is -1.53. The maximum Gasteiger partial charge on any atom is 0.303 e. The summed E-state index contributed by atoms with van der Waals surface area (Å²) in [7, 11) is 0. The van der Waals surface area contributed by atoms with E-state index in [0.717, 1.165) is 5.56 Å². The SMILES string of the molecule is C=C1CC2C(Cc3ccccc3)NC(=O)C23C(OC(C)=O)/C=C/C(C)(O)C(=O)C(I)C/C=C/C3C1O. The van der Waals surface area contributed by atoms with E-state index in [9.17, 15) is 24.6 Å². The van der Waals surface area contributed by atoms with Gasteiger partial charge in [0.05, 0.1) is 10.0 Å². The molecule has 1 saturated carbocycles. The Kier molecular flexibility index (Phi) is 7.60. The second kappa shape index (κ2) is 10.2. The summed E-state index contributed by atoms with van der Waals surface area (Å²) in [4.78, 5) is 39.2. The number of Topliss-reactive ketones (excluding diaryl/α,β-unsaturated/α-hetero) is 1. The number of nitrogens with one attached hydrogen (secondary N) is 1. The topological polar surface area (TPSA) is 113 Å². The summed E-state index contributed by atoms with van der Waals surface area (Å²) < 4.78 is 5.24. The summed E-state index contributed by atoms with van der Waals surface area (Å²) in [6.45, 7) is 6.76. The zero-order valence-corrected chi connectivity index (χ0v) is 22.6. The average Bonchev–Trinajstić information content (AvgIpc) is 3.09. The molecular weight excluding hydrogens is 573 g/mol. The van der Waals surface area contributed by atoms with Crippen LogP contribution < -0.4 is 5.32 Å². The number of allylic oxidation sites excluding steroid dienone is 1. The van der Waals surface area contributed by atoms with Gasteiger partial charge in [-0.3, -0.25) is 14.4 Å². The minimum atomic E-state index is -1.82. The van der Waals surface area contributed by atoms with E-state index in [1.807, 2.05) is 52.9 Å². The number of hydrogen-bond acceptors (Lipinski definition) is 6. The van der Waals surface area contributed by atoms with Gasteiger partial charge in [-0.1, -0.05) is 71.7 Å². The van der Waals surface area contributed by atoms with E-state index in [1.165, 1.54) is 26.0 Å². The Morgan fingerprint density at radius 1 is 1.25 bits per heavy atom. The lowest BCUT2D eigenvalue weighted by atomic mass is 9.54. The van der Waals surface area contributed by atoms with Crippen LogP contribution in [0.15, 0.2) is 66.8 Å². The molecule has 0 radical (unpaired) electrons. The molecule has 8 atom stereocenters. The van der Waals surface area contributed by atoms with Crippen LogP contribution in [0, 0.1) is 17.3 Å². The fraction of sp³-hybridized carbons (Fsp3) is 0.464. The molecule has 8 heteroatoms. The summed E-state index contributed by atoms with van der Waals surface area (Å²) in [6, 6.07) is 9.49. The molecule has 36 heavy (non-hydrogen) atoms. The Morgan fingerprint density at radius 3 is 2.61 bits per heavy atom. The van der Waals surface area contributed by atoms with Crippen LogP contribution in [0.5, 0.6) is 0 Å². The molecule has 0 bridgehead atoms. The number of alkyl halides is 1. The Balaban J connectivity index is 1.90. The van der Waals surface area contributed by atoms with Crippen LogP contribution in [-0.2, 0) is 25.5 Å². The Morgan fingerprint density at radius 2 is 1.94 bits per heavy atom. The lowest BCUT2D eigenvalue weighted by Gasteiger charge is -2.49. The third-order valence-corrected chi connectivity index (χ3v) is 8.80. The molecule has 2 aliphatic carbocycles. The highest BCUT2D eigenvalue weighted by Crippen LogP contribution is 2.56. The fourth-order valence-corrected chi connectivity index (χ4v) is 6.90. The smallest absolute Gasteiger partial charge is 0.303 e. The standard InChI is InChI=1S/C28H32INO6/c1-16-14-20-22(15-18-8-5-4-6-9-18)30-26(34)28(20)19(24(16)32)10-7-11-21(29)25(33)27(3,35)13-12-23(28)36-17(2)31/h4-10,12-13,19-24,32,35H,1,11,14-15H2,2-3H3,(H,30,34)/b10-7+,13-12+. The molecule has 1 heterocycles. The number of benzene rings is 1. The second-order valence-electron chi connectivity index (χ2n) is 10.2. The first-order chi connectivity index (χ1) is 17.0. The predicted molar refractivity (Wildman–Crippen MR) is 143 cm³/mol. The highest BCUT2D eigenvalue weighted by molar-refractivity contribution is 14.1. The van der Waals surface area contributed by atoms with Crippen molar-refractivity contribution in [3.8, 4) is 0 Å². The molecule has 192 valence electrons. The van der Waals surface area contributed by atoms with Gasteiger partial charge in [0.1, 0.15) is 17.1 Å². The molecule has 1 spiro atoms. The van der Waals surface area contributed by atoms with Crippen molar-refractivity contribution in [2.45, 2.75) is 60.9 Å². The van der Waals surface area contributed by atoms with Crippen LogP contribution in [0.1, 0.15) is 32.3 Å². The number of carbonyl (C=O) groups excluding carboxylic acids is 3. The zero-order chi connectivity index (χ0) is 26.3. The molecule has 1 aromatic rings. The second-order valence-corrected chi connectivity index (χ2v) is 11.7. The number of carbonyl (C=O) groups is 3. The van der Waals surface area contributed by atoms with Crippen molar-refractivity contribution in [2.75, 3.05) is 0 Å². The molecule has 1 aliphatic heterocycles. The Labute approximate surface area is 224 Å². The number of aliphatic hydroxyl groups is 2. The summed E-state index contributed by atoms with van der Waals surface area (Å²) in [6.07, 6.45) is 5.35. The van der Waals surface area contributed by atoms with E-state index in [0.29, 0.717) is 24.8 Å². The molecule has 8 unspecified atom stereocenters. The van der Waals surface area contributed by atoms with Gasteiger partial charge in [-0.25, -0.2) is 0 Å². The van der Waals surface area contributed by atoms with Crippen molar-refractivity contribution >= 4 is 40.3 Å². The van der Waals surface area contributed by atoms with Gasteiger partial charge in [-0.15, -0.1) is 0 Å². The van der Waals surface area contributed by atoms with Crippen molar-refractivity contribution < 1.29 is 29.3 Å². The van der Waals surface area contributed by atoms with Crippen LogP contribution in [0.2, 0.25) is 0 Å². The number of aliphatic hydroxyl groups excluding tert-OH is 1. The van der Waals surface area contributed by atoms with Gasteiger partial charge in [0.25, 0.3) is 0 Å². The molecule has 3 aliphatic rings. The van der Waals surface area contributed by atoms with E-state index in [4.69, 9.17) is 4.74 Å². The lowest BCUT2D eigenvalue weighted by Crippen LogP contribution is -2.58. The maximum atomic E-state index is 14.0. The summed E-state index contributed by atoms with van der Waals surface area (Å²) >= 11 is 1.98. The number of hydrogen-bond donors (Lipinski definition) is 3. The Bertz CT molecular complexity index is 1110. The van der Waals surface area contributed by atoms with Gasteiger partial charge >= 0.3 is 5.97 Å². The predicted octanol–water partition coefficient (Wildman–Crippen LogP) is 2.84. The number of ketones is 1. The maximum absolute atomic E-state index is 14.0. The van der Waals surface area contributed by atoms with E-state index < -0.39 is 44.8 Å². The van der Waals surface area contributed by atoms with Gasteiger partial charge in [0.2, 0.25) is 5.91 Å². The Hall–Kier alpha value is -2.30. The molecule has 1 amide bonds. The highest BCUT2D eigenvalue weighted by atomic mass is 127. The monoisotopic (exact) mass is 605 g/mol. The van der Waals surface area contributed by atoms with Gasteiger partial charge in [-0.2, -0.15) is 0 Å². The van der Waals surface area contributed by atoms with Crippen molar-refractivity contribution in [2.24, 2.45) is 17.3 Å². The van der Waals surface area contributed by atoms with Crippen molar-refractivity contribution in [1.82, 2.24) is 5.32 Å². The highest BCUT2D eigenvalue weighted by Gasteiger charge is 2.67. The first-order valence-electron chi connectivity index (χ1n) is 12.1. The van der Waals surface area contributed by atoms with Gasteiger partial charge in [0.15, 0.2) is 5.78 Å². The molecule has 7 nitrogen and oxygen atoms in total. The molecule has 1 aromatic carbocycles. The van der Waals surface area contributed by atoms with Crippen molar-refractivity contribution in [1.29, 1.82) is 0 Å². The number of rotatable bonds is 3. The average molecular weight is 605 g/mol. The minimum Gasteiger partial charge on any atom is -0.457 e. The van der Waals surface area contributed by atoms with E-state index in [2.05, 4.69) is 11.9 Å². The van der Waals surface area contributed by atoms with E-state index in [-0.39, 0.29) is 17.9 Å². The van der Waals surface area contributed by atoms with Crippen LogP contribution in [0.3, 0.4) is 0 Å². The molecule has 4 rings (SSSR count). The normalized spacial score (nSPS) is 40.3. The van der Waals surface area contributed by atoms with Crippen molar-refractivity contribution in [3.05, 3.63) is 72.4 Å². The van der Waals surface area contributed by atoms with Crippen LogP contribution in [0.4, 0.5) is 0 Å². The third-order valence-electron chi connectivity index (χ3n) is 7.73. The summed E-state index contributed by atoms with van der Waals surface area (Å²) in [5.74, 6) is -2.44. The molecule has 3 N–H and O–H groups in total. The first-order valence-corrected chi connectivity index (χ1v) is 13.4. The quantitative estimate of drug-likeness (QED) is 0.212. The van der Waals surface area contributed by atoms with E-state index in [1.54, 1.807) is 12.2 Å². The lowest BCUT2D eigenvalue weighted by molar-refractivity contribution is -0.163. The van der Waals surface area contributed by atoms with Crippen LogP contribution in [0.25, 0.3) is 0 Å². The number of esters is 1. The molecule has 1 saturated heterocycles. The zero-order valence-electron chi connectivity index (χ0n) is 20.4. The molecule has 2 fully saturated rings. The number of halogens is 1. The third kappa shape index (κ3) is 4.70. The van der Waals surface area contributed by atoms with E-state index >= 15 is 0 Å². The number of ether oxygens (including phenoxy) is 1. The van der Waals surface area contributed by atoms with Crippen molar-refractivity contribution in [3.63, 3.8) is 0 Å². The largest absolute Gasteiger partial charge is 0.457 e. The van der Waals surface area contributed by atoms with Gasteiger partial charge in [0, 0.05) is 24.8 Å². The summed E-state index contributed by atoms with van der Waals surface area (Å²) in [5, 5.41) is 25.4. The van der Waals surface area contributed by atoms with Gasteiger partial charge in [-0.05, 0) is 49.5 Å². The fourth-order valence-electron chi connectivity index (χ4n) is 5.98. The molecule has 0 aromatic heterocycles. The molecular formula is C28H32INO6. The number of amides is 1. The van der Waals surface area contributed by atoms with Crippen LogP contribution in [-0.4, -0.2) is 55.6 Å². The van der Waals surface area contributed by atoms with Crippen LogP contribution >= 0.6 is 22.6 Å². The minimum absolute atomic E-state index is 0.295.